The molecule has 2 aromatic carbocycles. The summed E-state index contributed by atoms with van der Waals surface area (Å²) in [5.74, 6) is -4.84. The van der Waals surface area contributed by atoms with Gasteiger partial charge in [0.25, 0.3) is 5.91 Å². The van der Waals surface area contributed by atoms with Gasteiger partial charge in [0.05, 0.1) is 6.20 Å². The zero-order chi connectivity index (χ0) is 23.3. The Morgan fingerprint density at radius 1 is 1.03 bits per heavy atom. The van der Waals surface area contributed by atoms with Crippen molar-refractivity contribution in [2.24, 2.45) is 0 Å². The van der Waals surface area contributed by atoms with Crippen LogP contribution in [0.25, 0.3) is 0 Å². The van der Waals surface area contributed by atoms with Gasteiger partial charge >= 0.3 is 6.01 Å². The van der Waals surface area contributed by atoms with Crippen molar-refractivity contribution in [3.05, 3.63) is 71.4 Å². The second-order valence-corrected chi connectivity index (χ2v) is 7.47. The van der Waals surface area contributed by atoms with Gasteiger partial charge in [0.15, 0.2) is 23.1 Å². The summed E-state index contributed by atoms with van der Waals surface area (Å²) in [5, 5.41) is 2.72. The number of halogens is 4. The van der Waals surface area contributed by atoms with Crippen LogP contribution in [0.5, 0.6) is 23.4 Å². The van der Waals surface area contributed by atoms with E-state index in [4.69, 9.17) is 9.47 Å². The number of rotatable bonds is 8. The number of thioether (sulfide) groups is 1. The topological polar surface area (TPSA) is 73.3 Å². The number of amides is 1. The highest BCUT2D eigenvalue weighted by Gasteiger charge is 2.21. The van der Waals surface area contributed by atoms with Crippen molar-refractivity contribution in [1.29, 1.82) is 0 Å². The zero-order valence-electron chi connectivity index (χ0n) is 16.9. The van der Waals surface area contributed by atoms with E-state index in [1.807, 2.05) is 6.26 Å². The Kier molecular flexibility index (Phi) is 7.52. The van der Waals surface area contributed by atoms with Gasteiger partial charge in [-0.15, -0.1) is 0 Å². The molecule has 0 spiro atoms. The minimum Gasteiger partial charge on any atom is -0.435 e. The second kappa shape index (κ2) is 10.3. The third-order valence-corrected chi connectivity index (χ3v) is 4.80. The summed E-state index contributed by atoms with van der Waals surface area (Å²) in [7, 11) is 0. The van der Waals surface area contributed by atoms with Crippen LogP contribution in [0.2, 0.25) is 0 Å². The summed E-state index contributed by atoms with van der Waals surface area (Å²) in [6.45, 7) is 1.78. The quantitative estimate of drug-likeness (QED) is 0.465. The van der Waals surface area contributed by atoms with Crippen molar-refractivity contribution >= 4 is 17.7 Å². The standard InChI is InChI=1S/C21H17F4N3O3S/c1-11(10-32-2)27-19(29)14-9-26-21(31-18-6-4-13(23)8-16(18)25)28-20(14)30-17-5-3-12(22)7-15(17)24/h3-9,11H,10H2,1-2H3,(H,27,29)/t11-/m1/s1. The molecule has 11 heteroatoms. The molecule has 6 nitrogen and oxygen atoms in total. The fraction of sp³-hybridized carbons (Fsp3) is 0.190. The van der Waals surface area contributed by atoms with Crippen LogP contribution in [0.15, 0.2) is 42.6 Å². The van der Waals surface area contributed by atoms with Gasteiger partial charge < -0.3 is 14.8 Å². The Labute approximate surface area is 185 Å². The average Bonchev–Trinajstić information content (AvgIpc) is 2.72. The first-order valence-electron chi connectivity index (χ1n) is 9.19. The minimum atomic E-state index is -1.03. The van der Waals surface area contributed by atoms with Gasteiger partial charge in [-0.1, -0.05) is 0 Å². The van der Waals surface area contributed by atoms with E-state index in [9.17, 15) is 22.4 Å². The first-order valence-corrected chi connectivity index (χ1v) is 10.6. The largest absolute Gasteiger partial charge is 0.435 e. The monoisotopic (exact) mass is 467 g/mol. The van der Waals surface area contributed by atoms with E-state index in [1.54, 1.807) is 6.92 Å². The third-order valence-electron chi connectivity index (χ3n) is 3.97. The molecule has 0 unspecified atom stereocenters. The Hall–Kier alpha value is -3.34. The fourth-order valence-electron chi connectivity index (χ4n) is 2.55. The molecule has 0 aliphatic heterocycles. The van der Waals surface area contributed by atoms with E-state index < -0.39 is 46.8 Å². The average molecular weight is 467 g/mol. The maximum absolute atomic E-state index is 14.1. The molecule has 0 saturated carbocycles. The number of nitrogens with one attached hydrogen (secondary N) is 1. The predicted molar refractivity (Wildman–Crippen MR) is 110 cm³/mol. The lowest BCUT2D eigenvalue weighted by Gasteiger charge is -2.15. The minimum absolute atomic E-state index is 0.159. The summed E-state index contributed by atoms with van der Waals surface area (Å²) in [6.07, 6.45) is 2.93. The summed E-state index contributed by atoms with van der Waals surface area (Å²) in [6, 6.07) is 4.53. The number of carbonyl (C=O) groups is 1. The molecule has 3 rings (SSSR count). The number of hydrogen-bond donors (Lipinski definition) is 1. The molecule has 0 saturated heterocycles. The molecule has 32 heavy (non-hydrogen) atoms. The highest BCUT2D eigenvalue weighted by atomic mass is 32.2. The van der Waals surface area contributed by atoms with Crippen LogP contribution in [0.4, 0.5) is 17.6 Å². The molecule has 1 amide bonds. The molecule has 0 aliphatic carbocycles. The van der Waals surface area contributed by atoms with Crippen LogP contribution in [-0.4, -0.2) is 33.9 Å². The van der Waals surface area contributed by atoms with Crippen molar-refractivity contribution in [2.45, 2.75) is 13.0 Å². The third kappa shape index (κ3) is 5.88. The van der Waals surface area contributed by atoms with Crippen LogP contribution >= 0.6 is 11.8 Å². The first-order chi connectivity index (χ1) is 15.3. The molecular formula is C21H17F4N3O3S. The van der Waals surface area contributed by atoms with Crippen molar-refractivity contribution in [3.8, 4) is 23.4 Å². The van der Waals surface area contributed by atoms with E-state index in [0.717, 1.165) is 30.5 Å². The summed E-state index contributed by atoms with van der Waals surface area (Å²) in [4.78, 5) is 20.4. The van der Waals surface area contributed by atoms with E-state index in [0.29, 0.717) is 17.9 Å². The number of carbonyl (C=O) groups excluding carboxylic acids is 1. The van der Waals surface area contributed by atoms with Gasteiger partial charge in [0.1, 0.15) is 17.2 Å². The number of ether oxygens (including phenoxy) is 2. The Morgan fingerprint density at radius 2 is 1.62 bits per heavy atom. The maximum atomic E-state index is 14.1. The van der Waals surface area contributed by atoms with Gasteiger partial charge in [0, 0.05) is 23.9 Å². The molecule has 0 radical (unpaired) electrons. The number of aromatic nitrogens is 2. The lowest BCUT2D eigenvalue weighted by Crippen LogP contribution is -2.34. The maximum Gasteiger partial charge on any atom is 0.325 e. The van der Waals surface area contributed by atoms with E-state index in [2.05, 4.69) is 15.3 Å². The van der Waals surface area contributed by atoms with Crippen LogP contribution in [0, 0.1) is 23.3 Å². The number of benzene rings is 2. The van der Waals surface area contributed by atoms with E-state index >= 15 is 0 Å². The van der Waals surface area contributed by atoms with Gasteiger partial charge in [-0.3, -0.25) is 4.79 Å². The predicted octanol–water partition coefficient (Wildman–Crippen LogP) is 5.10. The smallest absolute Gasteiger partial charge is 0.325 e. The number of hydrogen-bond acceptors (Lipinski definition) is 6. The van der Waals surface area contributed by atoms with Crippen molar-refractivity contribution < 1.29 is 31.8 Å². The molecule has 3 aromatic rings. The molecular weight excluding hydrogens is 450 g/mol. The van der Waals surface area contributed by atoms with Crippen LogP contribution in [0.3, 0.4) is 0 Å². The fourth-order valence-corrected chi connectivity index (χ4v) is 3.13. The SMILES string of the molecule is CSC[C@@H](C)NC(=O)c1cnc(Oc2ccc(F)cc2F)nc1Oc1ccc(F)cc1F. The summed E-state index contributed by atoms with van der Waals surface area (Å²) >= 11 is 1.52. The molecule has 0 fully saturated rings. The molecule has 0 aliphatic rings. The van der Waals surface area contributed by atoms with Crippen LogP contribution < -0.4 is 14.8 Å². The molecule has 1 heterocycles. The number of nitrogens with zero attached hydrogens (tertiary/aromatic N) is 2. The zero-order valence-corrected chi connectivity index (χ0v) is 17.7. The second-order valence-electron chi connectivity index (χ2n) is 6.55. The Morgan fingerprint density at radius 3 is 2.19 bits per heavy atom. The van der Waals surface area contributed by atoms with E-state index in [-0.39, 0.29) is 17.4 Å². The van der Waals surface area contributed by atoms with Gasteiger partial charge in [0.2, 0.25) is 5.88 Å². The lowest BCUT2D eigenvalue weighted by molar-refractivity contribution is 0.0940. The van der Waals surface area contributed by atoms with E-state index in [1.165, 1.54) is 11.8 Å². The van der Waals surface area contributed by atoms with Crippen LogP contribution in [-0.2, 0) is 0 Å². The molecule has 0 bridgehead atoms. The van der Waals surface area contributed by atoms with Crippen LogP contribution in [0.1, 0.15) is 17.3 Å². The highest BCUT2D eigenvalue weighted by molar-refractivity contribution is 7.98. The Balaban J connectivity index is 1.95. The summed E-state index contributed by atoms with van der Waals surface area (Å²) in [5.41, 5.74) is -0.159. The summed E-state index contributed by atoms with van der Waals surface area (Å²) < 4.78 is 64.9. The molecule has 1 N–H and O–H groups in total. The first kappa shape index (κ1) is 23.3. The van der Waals surface area contributed by atoms with Gasteiger partial charge in [-0.05, 0) is 37.4 Å². The van der Waals surface area contributed by atoms with Crippen molar-refractivity contribution in [2.75, 3.05) is 12.0 Å². The van der Waals surface area contributed by atoms with Gasteiger partial charge in [-0.25, -0.2) is 22.5 Å². The Bertz CT molecular complexity index is 1130. The molecule has 1 aromatic heterocycles. The molecule has 168 valence electrons. The lowest BCUT2D eigenvalue weighted by atomic mass is 10.2. The van der Waals surface area contributed by atoms with Gasteiger partial charge in [-0.2, -0.15) is 16.7 Å². The van der Waals surface area contributed by atoms with Crippen molar-refractivity contribution in [1.82, 2.24) is 15.3 Å². The van der Waals surface area contributed by atoms with Crippen molar-refractivity contribution in [3.63, 3.8) is 0 Å². The molecule has 1 atom stereocenters. The normalized spacial score (nSPS) is 11.7. The highest BCUT2D eigenvalue weighted by Crippen LogP contribution is 2.29.